The second-order valence-corrected chi connectivity index (χ2v) is 10.8. The van der Waals surface area contributed by atoms with Crippen molar-refractivity contribution in [2.45, 2.75) is 45.1 Å². The third-order valence-corrected chi connectivity index (χ3v) is 8.04. The van der Waals surface area contributed by atoms with Gasteiger partial charge in [-0.25, -0.2) is 14.8 Å². The van der Waals surface area contributed by atoms with Crippen LogP contribution < -0.4 is 4.74 Å². The van der Waals surface area contributed by atoms with Crippen LogP contribution in [0.3, 0.4) is 0 Å². The van der Waals surface area contributed by atoms with Crippen LogP contribution in [0.15, 0.2) is 72.9 Å². The van der Waals surface area contributed by atoms with E-state index >= 15 is 0 Å². The van der Waals surface area contributed by atoms with Gasteiger partial charge in [0, 0.05) is 25.4 Å². The molecule has 0 spiro atoms. The lowest BCUT2D eigenvalue weighted by molar-refractivity contribution is -0.0592. The van der Waals surface area contributed by atoms with Crippen molar-refractivity contribution in [2.75, 3.05) is 26.8 Å². The molecule has 0 N–H and O–H groups in total. The predicted octanol–water partition coefficient (Wildman–Crippen LogP) is 5.11. The fourth-order valence-electron chi connectivity index (χ4n) is 5.54. The normalized spacial score (nSPS) is 21.5. The number of hydrogen-bond donors (Lipinski definition) is 0. The first-order chi connectivity index (χ1) is 19.7. The molecule has 8 nitrogen and oxygen atoms in total. The molecule has 1 saturated carbocycles. The molecular weight excluding hydrogens is 504 g/mol. The molecule has 3 aliphatic rings. The molecule has 40 heavy (non-hydrogen) atoms. The summed E-state index contributed by atoms with van der Waals surface area (Å²) in [7, 11) is 1.42. The van der Waals surface area contributed by atoms with Gasteiger partial charge in [-0.1, -0.05) is 36.4 Å². The summed E-state index contributed by atoms with van der Waals surface area (Å²) in [6.07, 6.45) is 5.79. The van der Waals surface area contributed by atoms with Crippen molar-refractivity contribution in [3.8, 4) is 5.88 Å². The van der Waals surface area contributed by atoms with Gasteiger partial charge in [0.1, 0.15) is 12.4 Å². The number of esters is 1. The number of methoxy groups -OCH3 is 1. The second-order valence-electron chi connectivity index (χ2n) is 10.8. The Kier molecular flexibility index (Phi) is 8.07. The Morgan fingerprint density at radius 1 is 1.05 bits per heavy atom. The summed E-state index contributed by atoms with van der Waals surface area (Å²) in [4.78, 5) is 23.4. The number of carbonyl (C=O) groups is 1. The number of pyridine rings is 1. The predicted molar refractivity (Wildman–Crippen MR) is 152 cm³/mol. The lowest BCUT2D eigenvalue weighted by Crippen LogP contribution is -2.34. The van der Waals surface area contributed by atoms with E-state index in [2.05, 4.69) is 14.5 Å². The fourth-order valence-corrected chi connectivity index (χ4v) is 5.54. The van der Waals surface area contributed by atoms with Crippen LogP contribution in [-0.4, -0.2) is 58.3 Å². The first-order valence-corrected chi connectivity index (χ1v) is 14.2. The molecule has 0 amide bonds. The molecule has 7 rings (SSSR count). The van der Waals surface area contributed by atoms with Gasteiger partial charge >= 0.3 is 5.97 Å². The number of rotatable bonds is 8. The molecule has 4 heterocycles. The van der Waals surface area contributed by atoms with E-state index in [1.807, 2.05) is 60.7 Å². The zero-order chi connectivity index (χ0) is 27.3. The summed E-state index contributed by atoms with van der Waals surface area (Å²) >= 11 is 0. The van der Waals surface area contributed by atoms with Gasteiger partial charge in [-0.2, -0.15) is 0 Å². The Bertz CT molecular complexity index is 1380. The minimum absolute atomic E-state index is 0.252. The molecule has 2 aliphatic heterocycles. The number of aromatic nitrogens is 3. The number of ether oxygens (including phenoxy) is 3. The van der Waals surface area contributed by atoms with Gasteiger partial charge < -0.3 is 18.8 Å². The zero-order valence-electron chi connectivity index (χ0n) is 22.9. The van der Waals surface area contributed by atoms with Crippen molar-refractivity contribution >= 4 is 17.0 Å². The van der Waals surface area contributed by atoms with Gasteiger partial charge in [0.15, 0.2) is 0 Å². The maximum atomic E-state index is 11.9. The summed E-state index contributed by atoms with van der Waals surface area (Å²) in [5.74, 6) is 3.32. The van der Waals surface area contributed by atoms with Crippen molar-refractivity contribution in [1.29, 1.82) is 0 Å². The highest BCUT2D eigenvalue weighted by Crippen LogP contribution is 2.45. The van der Waals surface area contributed by atoms with Crippen LogP contribution in [0.5, 0.6) is 5.88 Å². The Balaban J connectivity index is 0.000000175. The molecule has 2 saturated heterocycles. The van der Waals surface area contributed by atoms with Crippen LogP contribution in [0, 0.1) is 11.8 Å². The average molecular weight is 541 g/mol. The molecular formula is C32H36N4O4. The highest BCUT2D eigenvalue weighted by molar-refractivity contribution is 5.93. The SMILES string of the molecule is COC(=O)c1ccc2nc(CN3CCC4CC4C3)n(CC3CCO3)c2c1.c1ccc(COc2ccccn2)cc1. The van der Waals surface area contributed by atoms with Crippen molar-refractivity contribution < 1.29 is 19.0 Å². The van der Waals surface area contributed by atoms with Crippen LogP contribution >= 0.6 is 0 Å². The molecule has 4 aromatic rings. The lowest BCUT2D eigenvalue weighted by Gasteiger charge is -2.29. The van der Waals surface area contributed by atoms with Gasteiger partial charge in [-0.05, 0) is 67.5 Å². The van der Waals surface area contributed by atoms with E-state index in [1.54, 1.807) is 12.3 Å². The van der Waals surface area contributed by atoms with E-state index < -0.39 is 0 Å². The maximum absolute atomic E-state index is 11.9. The standard InChI is InChI=1S/C20H25N3O3.C12H11NO/c1-25-20(24)14-2-3-17-18(9-14)23(11-16-5-7-26-16)19(21-17)12-22-6-4-13-8-15(13)10-22;1-2-6-11(7-3-1)10-14-12-8-4-5-9-13-12/h2-3,9,13,15-16H,4-8,10-12H2,1H3;1-9H,10H2. The number of nitrogens with zero attached hydrogens (tertiary/aromatic N) is 4. The van der Waals surface area contributed by atoms with Gasteiger partial charge in [-0.15, -0.1) is 0 Å². The van der Waals surface area contributed by atoms with Crippen LogP contribution in [0.2, 0.25) is 0 Å². The minimum Gasteiger partial charge on any atom is -0.473 e. The first-order valence-electron chi connectivity index (χ1n) is 14.2. The highest BCUT2D eigenvalue weighted by Gasteiger charge is 2.41. The maximum Gasteiger partial charge on any atom is 0.337 e. The lowest BCUT2D eigenvalue weighted by atomic mass is 10.1. The van der Waals surface area contributed by atoms with Gasteiger partial charge in [0.2, 0.25) is 5.88 Å². The van der Waals surface area contributed by atoms with Gasteiger partial charge in [-0.3, -0.25) is 4.90 Å². The molecule has 208 valence electrons. The first kappa shape index (κ1) is 26.5. The monoisotopic (exact) mass is 540 g/mol. The zero-order valence-corrected chi connectivity index (χ0v) is 22.9. The molecule has 2 aromatic heterocycles. The molecule has 1 aliphatic carbocycles. The van der Waals surface area contributed by atoms with Crippen LogP contribution in [0.1, 0.15) is 41.0 Å². The van der Waals surface area contributed by atoms with Crippen LogP contribution in [0.25, 0.3) is 11.0 Å². The summed E-state index contributed by atoms with van der Waals surface area (Å²) in [6, 6.07) is 21.3. The average Bonchev–Trinajstić information content (AvgIpc) is 3.68. The third kappa shape index (κ3) is 6.35. The van der Waals surface area contributed by atoms with Crippen molar-refractivity contribution in [2.24, 2.45) is 11.8 Å². The van der Waals surface area contributed by atoms with Gasteiger partial charge in [0.05, 0.1) is 42.9 Å². The number of imidazole rings is 1. The van der Waals surface area contributed by atoms with E-state index in [9.17, 15) is 4.79 Å². The summed E-state index contributed by atoms with van der Waals surface area (Å²) in [5, 5.41) is 0. The summed E-state index contributed by atoms with van der Waals surface area (Å²) in [5.41, 5.74) is 3.66. The molecule has 0 bridgehead atoms. The molecule has 3 atom stereocenters. The number of fused-ring (bicyclic) bond motifs is 2. The number of likely N-dealkylation sites (tertiary alicyclic amines) is 1. The molecule has 8 heteroatoms. The Labute approximate surface area is 234 Å². The Morgan fingerprint density at radius 2 is 1.90 bits per heavy atom. The topological polar surface area (TPSA) is 78.7 Å². The Hall–Kier alpha value is -3.75. The minimum atomic E-state index is -0.308. The van der Waals surface area contributed by atoms with E-state index in [0.717, 1.165) is 66.9 Å². The summed E-state index contributed by atoms with van der Waals surface area (Å²) < 4.78 is 18.3. The highest BCUT2D eigenvalue weighted by atomic mass is 16.5. The Morgan fingerprint density at radius 3 is 2.62 bits per heavy atom. The summed E-state index contributed by atoms with van der Waals surface area (Å²) in [6.45, 7) is 5.44. The molecule has 3 unspecified atom stereocenters. The fraction of sp³-hybridized carbons (Fsp3) is 0.406. The van der Waals surface area contributed by atoms with Crippen LogP contribution in [0.4, 0.5) is 0 Å². The van der Waals surface area contributed by atoms with Crippen molar-refractivity contribution in [3.63, 3.8) is 0 Å². The number of carbonyl (C=O) groups excluding carboxylic acids is 1. The van der Waals surface area contributed by atoms with E-state index in [4.69, 9.17) is 19.2 Å². The van der Waals surface area contributed by atoms with Gasteiger partial charge in [0.25, 0.3) is 0 Å². The van der Waals surface area contributed by atoms with E-state index in [1.165, 1.54) is 26.5 Å². The second kappa shape index (κ2) is 12.2. The number of hydrogen-bond acceptors (Lipinski definition) is 7. The van der Waals surface area contributed by atoms with E-state index in [0.29, 0.717) is 18.1 Å². The molecule has 0 radical (unpaired) electrons. The molecule has 2 aromatic carbocycles. The van der Waals surface area contributed by atoms with Crippen LogP contribution in [-0.2, 0) is 29.2 Å². The quantitative estimate of drug-likeness (QED) is 0.287. The van der Waals surface area contributed by atoms with Crippen molar-refractivity contribution in [3.05, 3.63) is 89.9 Å². The third-order valence-electron chi connectivity index (χ3n) is 8.04. The number of piperidine rings is 1. The smallest absolute Gasteiger partial charge is 0.337 e. The van der Waals surface area contributed by atoms with Crippen molar-refractivity contribution in [1.82, 2.24) is 19.4 Å². The van der Waals surface area contributed by atoms with E-state index in [-0.39, 0.29) is 12.1 Å². The number of benzene rings is 2. The largest absolute Gasteiger partial charge is 0.473 e. The molecule has 3 fully saturated rings.